The third-order valence-corrected chi connectivity index (χ3v) is 3.80. The van der Waals surface area contributed by atoms with Crippen molar-refractivity contribution in [2.45, 2.75) is 12.6 Å². The normalized spacial score (nSPS) is 20.5. The Balaban J connectivity index is 1.99. The maximum absolute atomic E-state index is 5.11. The number of rotatable bonds is 6. The van der Waals surface area contributed by atoms with Gasteiger partial charge in [0.2, 0.25) is 0 Å². The van der Waals surface area contributed by atoms with Gasteiger partial charge >= 0.3 is 0 Å². The van der Waals surface area contributed by atoms with Crippen molar-refractivity contribution in [1.82, 2.24) is 19.8 Å². The Hall–Kier alpha value is -1.44. The van der Waals surface area contributed by atoms with Gasteiger partial charge in [-0.15, -0.1) is 0 Å². The highest BCUT2D eigenvalue weighted by molar-refractivity contribution is 5.47. The van der Waals surface area contributed by atoms with Crippen molar-refractivity contribution in [3.8, 4) is 0 Å². The topological polar surface area (TPSA) is 65.5 Å². The lowest BCUT2D eigenvalue weighted by molar-refractivity contribution is 0.122. The molecule has 7 heteroatoms. The second-order valence-corrected chi connectivity index (χ2v) is 5.52. The van der Waals surface area contributed by atoms with Gasteiger partial charge in [-0.1, -0.05) is 0 Å². The Bertz CT molecular complexity index is 455. The van der Waals surface area contributed by atoms with E-state index in [1.807, 2.05) is 13.1 Å². The lowest BCUT2D eigenvalue weighted by Gasteiger charge is -2.37. The zero-order valence-corrected chi connectivity index (χ0v) is 13.4. The molecule has 0 bridgehead atoms. The summed E-state index contributed by atoms with van der Waals surface area (Å²) in [6, 6.07) is 2.41. The maximum Gasteiger partial charge on any atom is 0.158 e. The second kappa shape index (κ2) is 7.53. The summed E-state index contributed by atoms with van der Waals surface area (Å²) in [4.78, 5) is 13.6. The number of nitrogens with zero attached hydrogens (tertiary/aromatic N) is 4. The van der Waals surface area contributed by atoms with Crippen LogP contribution in [0, 0.1) is 0 Å². The summed E-state index contributed by atoms with van der Waals surface area (Å²) in [5.74, 6) is 2.32. The molecule has 0 amide bonds. The fourth-order valence-electron chi connectivity index (χ4n) is 2.45. The van der Waals surface area contributed by atoms with E-state index < -0.39 is 0 Å². The van der Waals surface area contributed by atoms with Gasteiger partial charge in [0, 0.05) is 52.4 Å². The summed E-state index contributed by atoms with van der Waals surface area (Å²) in [7, 11) is 7.84. The Morgan fingerprint density at radius 2 is 2.05 bits per heavy atom. The van der Waals surface area contributed by atoms with Crippen molar-refractivity contribution >= 4 is 11.6 Å². The number of anilines is 2. The fraction of sp³-hybridized carbons (Fsp3) is 0.714. The SMILES string of the molecule is CNc1cc(NCC2CN(C)CCN2C)nc(COC)n1. The van der Waals surface area contributed by atoms with E-state index in [-0.39, 0.29) is 0 Å². The summed E-state index contributed by atoms with van der Waals surface area (Å²) in [5, 5.41) is 6.48. The Morgan fingerprint density at radius 3 is 2.76 bits per heavy atom. The first kappa shape index (κ1) is 15.9. The molecular weight excluding hydrogens is 268 g/mol. The first-order valence-electron chi connectivity index (χ1n) is 7.29. The largest absolute Gasteiger partial charge is 0.377 e. The minimum atomic E-state index is 0.413. The molecule has 1 aromatic heterocycles. The first-order chi connectivity index (χ1) is 10.1. The van der Waals surface area contributed by atoms with E-state index >= 15 is 0 Å². The number of hydrogen-bond acceptors (Lipinski definition) is 7. The number of ether oxygens (including phenoxy) is 1. The fourth-order valence-corrected chi connectivity index (χ4v) is 2.45. The van der Waals surface area contributed by atoms with Crippen molar-refractivity contribution < 1.29 is 4.74 Å². The summed E-state index contributed by atoms with van der Waals surface area (Å²) >= 11 is 0. The number of methoxy groups -OCH3 is 1. The molecule has 0 aliphatic carbocycles. The molecular formula is C14H26N6O. The molecule has 2 rings (SSSR count). The average molecular weight is 294 g/mol. The van der Waals surface area contributed by atoms with Gasteiger partial charge in [-0.25, -0.2) is 9.97 Å². The number of aromatic nitrogens is 2. The maximum atomic E-state index is 5.11. The van der Waals surface area contributed by atoms with Crippen molar-refractivity contribution in [1.29, 1.82) is 0 Å². The van der Waals surface area contributed by atoms with Gasteiger partial charge in [-0.2, -0.15) is 0 Å². The molecule has 0 saturated carbocycles. The number of nitrogens with one attached hydrogen (secondary N) is 2. The Morgan fingerprint density at radius 1 is 1.29 bits per heavy atom. The van der Waals surface area contributed by atoms with E-state index in [0.29, 0.717) is 18.5 Å². The van der Waals surface area contributed by atoms with Crippen LogP contribution < -0.4 is 10.6 Å². The van der Waals surface area contributed by atoms with Crippen LogP contribution in [-0.4, -0.2) is 80.2 Å². The lowest BCUT2D eigenvalue weighted by Crippen LogP contribution is -2.52. The monoisotopic (exact) mass is 294 g/mol. The minimum Gasteiger partial charge on any atom is -0.377 e. The molecule has 21 heavy (non-hydrogen) atoms. The van der Waals surface area contributed by atoms with Crippen molar-refractivity contribution in [2.24, 2.45) is 0 Å². The highest BCUT2D eigenvalue weighted by atomic mass is 16.5. The molecule has 0 spiro atoms. The molecule has 1 aliphatic rings. The number of hydrogen-bond donors (Lipinski definition) is 2. The molecule has 0 aromatic carbocycles. The summed E-state index contributed by atoms with van der Waals surface area (Å²) in [6.45, 7) is 4.58. The lowest BCUT2D eigenvalue weighted by atomic mass is 10.2. The van der Waals surface area contributed by atoms with Crippen LogP contribution in [0.15, 0.2) is 6.07 Å². The van der Waals surface area contributed by atoms with Gasteiger partial charge in [0.1, 0.15) is 18.2 Å². The van der Waals surface area contributed by atoms with Gasteiger partial charge in [0.15, 0.2) is 5.82 Å². The zero-order valence-electron chi connectivity index (χ0n) is 13.4. The van der Waals surface area contributed by atoms with Gasteiger partial charge in [-0.05, 0) is 14.1 Å². The minimum absolute atomic E-state index is 0.413. The van der Waals surface area contributed by atoms with Crippen LogP contribution >= 0.6 is 0 Å². The van der Waals surface area contributed by atoms with Crippen molar-refractivity contribution in [2.75, 3.05) is 65.1 Å². The molecule has 2 N–H and O–H groups in total. The quantitative estimate of drug-likeness (QED) is 0.783. The molecule has 1 aliphatic heterocycles. The molecule has 2 heterocycles. The summed E-state index contributed by atoms with van der Waals surface area (Å²) in [5.41, 5.74) is 0. The van der Waals surface area contributed by atoms with Crippen LogP contribution in [-0.2, 0) is 11.3 Å². The third-order valence-electron chi connectivity index (χ3n) is 3.80. The van der Waals surface area contributed by atoms with Crippen LogP contribution in [0.5, 0.6) is 0 Å². The Labute approximate surface area is 126 Å². The molecule has 118 valence electrons. The van der Waals surface area contributed by atoms with E-state index in [9.17, 15) is 0 Å². The predicted molar refractivity (Wildman–Crippen MR) is 84.7 cm³/mol. The first-order valence-corrected chi connectivity index (χ1v) is 7.29. The molecule has 1 saturated heterocycles. The van der Waals surface area contributed by atoms with Gasteiger partial charge in [0.25, 0.3) is 0 Å². The molecule has 1 aromatic rings. The van der Waals surface area contributed by atoms with Crippen LogP contribution in [0.1, 0.15) is 5.82 Å². The van der Waals surface area contributed by atoms with E-state index in [1.54, 1.807) is 7.11 Å². The van der Waals surface area contributed by atoms with Gasteiger partial charge in [0.05, 0.1) is 0 Å². The van der Waals surface area contributed by atoms with E-state index in [2.05, 4.69) is 44.5 Å². The second-order valence-electron chi connectivity index (χ2n) is 5.52. The molecule has 1 fully saturated rings. The average Bonchev–Trinajstić information content (AvgIpc) is 2.48. The van der Waals surface area contributed by atoms with Crippen molar-refractivity contribution in [3.05, 3.63) is 11.9 Å². The third kappa shape index (κ3) is 4.52. The van der Waals surface area contributed by atoms with E-state index in [4.69, 9.17) is 4.74 Å². The van der Waals surface area contributed by atoms with Gasteiger partial charge in [-0.3, -0.25) is 4.90 Å². The molecule has 0 radical (unpaired) electrons. The van der Waals surface area contributed by atoms with Gasteiger partial charge < -0.3 is 20.3 Å². The van der Waals surface area contributed by atoms with Crippen LogP contribution in [0.25, 0.3) is 0 Å². The smallest absolute Gasteiger partial charge is 0.158 e. The van der Waals surface area contributed by atoms with E-state index in [0.717, 1.165) is 37.8 Å². The van der Waals surface area contributed by atoms with E-state index in [1.165, 1.54) is 0 Å². The molecule has 7 nitrogen and oxygen atoms in total. The molecule has 1 atom stereocenters. The summed E-state index contributed by atoms with van der Waals surface area (Å²) in [6.07, 6.45) is 0. The van der Waals surface area contributed by atoms with Crippen LogP contribution in [0.4, 0.5) is 11.6 Å². The summed E-state index contributed by atoms with van der Waals surface area (Å²) < 4.78 is 5.11. The van der Waals surface area contributed by atoms with Crippen LogP contribution in [0.3, 0.4) is 0 Å². The zero-order chi connectivity index (χ0) is 15.2. The number of piperazine rings is 1. The standard InChI is InChI=1S/C14H26N6O/c1-15-12-7-13(18-14(17-12)10-21-4)16-8-11-9-19(2)5-6-20(11)3/h7,11H,5-6,8-10H2,1-4H3,(H2,15,16,17,18). The Kier molecular flexibility index (Phi) is 5.72. The predicted octanol–water partition coefficient (Wildman–Crippen LogP) is 0.322. The highest BCUT2D eigenvalue weighted by Gasteiger charge is 2.21. The molecule has 1 unspecified atom stereocenters. The van der Waals surface area contributed by atoms with Crippen molar-refractivity contribution in [3.63, 3.8) is 0 Å². The van der Waals surface area contributed by atoms with Crippen LogP contribution in [0.2, 0.25) is 0 Å². The highest BCUT2D eigenvalue weighted by Crippen LogP contribution is 2.13. The number of likely N-dealkylation sites (N-methyl/N-ethyl adjacent to an activating group) is 2.